The summed E-state index contributed by atoms with van der Waals surface area (Å²) in [5.41, 5.74) is 0. The standard InChI is InChI=1S/C13H11Cl2IN2O/c1-2-17-12-10(14)7-11(15)13(18-12)19-9-5-3-4-8(16)6-9/h3-7H,2H2,1H3,(H,17,18). The largest absolute Gasteiger partial charge is 0.437 e. The van der Waals surface area contributed by atoms with Crippen molar-refractivity contribution in [2.24, 2.45) is 0 Å². The summed E-state index contributed by atoms with van der Waals surface area (Å²) in [6.07, 6.45) is 0. The number of hydrogen-bond acceptors (Lipinski definition) is 3. The second kappa shape index (κ2) is 6.63. The highest BCUT2D eigenvalue weighted by Gasteiger charge is 2.11. The molecular weight excluding hydrogens is 398 g/mol. The predicted molar refractivity (Wildman–Crippen MR) is 87.7 cm³/mol. The van der Waals surface area contributed by atoms with Gasteiger partial charge in [0.1, 0.15) is 16.6 Å². The molecule has 2 aromatic rings. The van der Waals surface area contributed by atoms with Crippen molar-refractivity contribution in [1.82, 2.24) is 4.98 Å². The maximum atomic E-state index is 6.09. The fourth-order valence-electron chi connectivity index (χ4n) is 1.45. The van der Waals surface area contributed by atoms with Crippen molar-refractivity contribution in [2.45, 2.75) is 6.92 Å². The van der Waals surface area contributed by atoms with Crippen LogP contribution < -0.4 is 10.1 Å². The van der Waals surface area contributed by atoms with Gasteiger partial charge in [-0.05, 0) is 53.8 Å². The number of rotatable bonds is 4. The van der Waals surface area contributed by atoms with Gasteiger partial charge in [0.15, 0.2) is 0 Å². The van der Waals surface area contributed by atoms with Gasteiger partial charge in [-0.25, -0.2) is 0 Å². The number of nitrogens with zero attached hydrogens (tertiary/aromatic N) is 1. The lowest BCUT2D eigenvalue weighted by atomic mass is 10.3. The van der Waals surface area contributed by atoms with Gasteiger partial charge in [0.2, 0.25) is 5.88 Å². The minimum Gasteiger partial charge on any atom is -0.437 e. The highest BCUT2D eigenvalue weighted by atomic mass is 127. The molecule has 3 nitrogen and oxygen atoms in total. The highest BCUT2D eigenvalue weighted by molar-refractivity contribution is 14.1. The molecule has 0 unspecified atom stereocenters. The van der Waals surface area contributed by atoms with Crippen LogP contribution in [0.3, 0.4) is 0 Å². The Kier molecular flexibility index (Phi) is 5.13. The molecule has 0 bridgehead atoms. The van der Waals surface area contributed by atoms with Gasteiger partial charge in [-0.3, -0.25) is 0 Å². The lowest BCUT2D eigenvalue weighted by Crippen LogP contribution is -2.01. The first-order chi connectivity index (χ1) is 9.10. The second-order valence-electron chi connectivity index (χ2n) is 3.70. The Morgan fingerprint density at radius 2 is 2.05 bits per heavy atom. The van der Waals surface area contributed by atoms with E-state index in [0.29, 0.717) is 27.5 Å². The Bertz CT molecular complexity index is 593. The smallest absolute Gasteiger partial charge is 0.240 e. The summed E-state index contributed by atoms with van der Waals surface area (Å²) in [6, 6.07) is 9.26. The predicted octanol–water partition coefficient (Wildman–Crippen LogP) is 5.22. The zero-order valence-corrected chi connectivity index (χ0v) is 13.8. The molecular formula is C13H11Cl2IN2O. The van der Waals surface area contributed by atoms with Gasteiger partial charge in [0.05, 0.1) is 5.02 Å². The molecule has 6 heteroatoms. The molecule has 0 aliphatic rings. The Labute approximate surface area is 135 Å². The number of nitrogens with one attached hydrogen (secondary N) is 1. The van der Waals surface area contributed by atoms with Gasteiger partial charge in [-0.15, -0.1) is 0 Å². The molecule has 0 amide bonds. The van der Waals surface area contributed by atoms with Gasteiger partial charge in [0.25, 0.3) is 0 Å². The number of anilines is 1. The summed E-state index contributed by atoms with van der Waals surface area (Å²) < 4.78 is 6.76. The minimum atomic E-state index is 0.337. The number of benzene rings is 1. The molecule has 0 spiro atoms. The van der Waals surface area contributed by atoms with Crippen molar-refractivity contribution in [1.29, 1.82) is 0 Å². The maximum Gasteiger partial charge on any atom is 0.240 e. The summed E-state index contributed by atoms with van der Waals surface area (Å²) in [5, 5.41) is 3.91. The average Bonchev–Trinajstić information content (AvgIpc) is 2.35. The van der Waals surface area contributed by atoms with Gasteiger partial charge < -0.3 is 10.1 Å². The zero-order valence-electron chi connectivity index (χ0n) is 10.1. The Morgan fingerprint density at radius 3 is 2.74 bits per heavy atom. The Morgan fingerprint density at radius 1 is 1.26 bits per heavy atom. The Hall–Kier alpha value is -0.720. The van der Waals surface area contributed by atoms with E-state index in [2.05, 4.69) is 32.9 Å². The Balaban J connectivity index is 2.31. The molecule has 0 aliphatic heterocycles. The van der Waals surface area contributed by atoms with Crippen molar-refractivity contribution < 1.29 is 4.74 Å². The topological polar surface area (TPSA) is 34.2 Å². The first kappa shape index (κ1) is 14.7. The molecule has 1 aromatic carbocycles. The number of halogens is 3. The van der Waals surface area contributed by atoms with E-state index >= 15 is 0 Å². The van der Waals surface area contributed by atoms with Gasteiger partial charge in [-0.1, -0.05) is 29.3 Å². The summed E-state index contributed by atoms with van der Waals surface area (Å²) in [7, 11) is 0. The van der Waals surface area contributed by atoms with Crippen LogP contribution in [0.2, 0.25) is 10.0 Å². The zero-order chi connectivity index (χ0) is 13.8. The van der Waals surface area contributed by atoms with Crippen molar-refractivity contribution in [3.8, 4) is 11.6 Å². The number of pyridine rings is 1. The van der Waals surface area contributed by atoms with Crippen molar-refractivity contribution in [3.05, 3.63) is 43.9 Å². The van der Waals surface area contributed by atoms with Crippen LogP contribution in [0.4, 0.5) is 5.82 Å². The van der Waals surface area contributed by atoms with Gasteiger partial charge >= 0.3 is 0 Å². The number of aromatic nitrogens is 1. The van der Waals surface area contributed by atoms with Gasteiger partial charge in [0, 0.05) is 10.1 Å². The van der Waals surface area contributed by atoms with Crippen LogP contribution in [0.5, 0.6) is 11.6 Å². The molecule has 1 heterocycles. The third-order valence-corrected chi connectivity index (χ3v) is 3.48. The van der Waals surface area contributed by atoms with Crippen molar-refractivity contribution >= 4 is 51.6 Å². The van der Waals surface area contributed by atoms with Gasteiger partial charge in [-0.2, -0.15) is 4.98 Å². The van der Waals surface area contributed by atoms with E-state index in [-0.39, 0.29) is 0 Å². The van der Waals surface area contributed by atoms with Crippen LogP contribution in [0.1, 0.15) is 6.92 Å². The fourth-order valence-corrected chi connectivity index (χ4v) is 2.43. The molecule has 0 atom stereocenters. The van der Waals surface area contributed by atoms with Crippen LogP contribution >= 0.6 is 45.8 Å². The molecule has 0 aliphatic carbocycles. The lowest BCUT2D eigenvalue weighted by Gasteiger charge is -2.11. The molecule has 2 rings (SSSR count). The highest BCUT2D eigenvalue weighted by Crippen LogP contribution is 2.33. The maximum absolute atomic E-state index is 6.09. The summed E-state index contributed by atoms with van der Waals surface area (Å²) >= 11 is 14.3. The van der Waals surface area contributed by atoms with E-state index in [0.717, 1.165) is 10.1 Å². The molecule has 1 N–H and O–H groups in total. The monoisotopic (exact) mass is 408 g/mol. The van der Waals surface area contributed by atoms with Crippen LogP contribution in [-0.4, -0.2) is 11.5 Å². The van der Waals surface area contributed by atoms with Crippen LogP contribution in [0.25, 0.3) is 0 Å². The van der Waals surface area contributed by atoms with E-state index < -0.39 is 0 Å². The molecule has 0 saturated heterocycles. The number of hydrogen-bond donors (Lipinski definition) is 1. The van der Waals surface area contributed by atoms with Crippen LogP contribution in [-0.2, 0) is 0 Å². The van der Waals surface area contributed by atoms with E-state index in [4.69, 9.17) is 27.9 Å². The molecule has 1 aromatic heterocycles. The van der Waals surface area contributed by atoms with Crippen LogP contribution in [0, 0.1) is 3.57 Å². The lowest BCUT2D eigenvalue weighted by molar-refractivity contribution is 0.463. The number of ether oxygens (including phenoxy) is 1. The van der Waals surface area contributed by atoms with Crippen LogP contribution in [0.15, 0.2) is 30.3 Å². The molecule has 0 fully saturated rings. The first-order valence-electron chi connectivity index (χ1n) is 5.63. The molecule has 100 valence electrons. The van der Waals surface area contributed by atoms with Crippen molar-refractivity contribution in [2.75, 3.05) is 11.9 Å². The first-order valence-corrected chi connectivity index (χ1v) is 7.47. The molecule has 0 radical (unpaired) electrons. The fraction of sp³-hybridized carbons (Fsp3) is 0.154. The van der Waals surface area contributed by atoms with E-state index in [9.17, 15) is 0 Å². The normalized spacial score (nSPS) is 10.3. The summed E-state index contributed by atoms with van der Waals surface area (Å²) in [6.45, 7) is 2.68. The minimum absolute atomic E-state index is 0.337. The summed E-state index contributed by atoms with van der Waals surface area (Å²) in [5.74, 6) is 1.59. The van der Waals surface area contributed by atoms with E-state index in [1.165, 1.54) is 0 Å². The second-order valence-corrected chi connectivity index (χ2v) is 5.76. The average molecular weight is 409 g/mol. The van der Waals surface area contributed by atoms with Crippen molar-refractivity contribution in [3.63, 3.8) is 0 Å². The SMILES string of the molecule is CCNc1nc(Oc2cccc(I)c2)c(Cl)cc1Cl. The van der Waals surface area contributed by atoms with E-state index in [1.807, 2.05) is 31.2 Å². The molecule has 19 heavy (non-hydrogen) atoms. The molecule has 0 saturated carbocycles. The van der Waals surface area contributed by atoms with E-state index in [1.54, 1.807) is 6.07 Å². The third kappa shape index (κ3) is 3.87. The third-order valence-electron chi connectivity index (χ3n) is 2.25. The summed E-state index contributed by atoms with van der Waals surface area (Å²) in [4.78, 5) is 4.29. The quantitative estimate of drug-likeness (QED) is 0.704.